The van der Waals surface area contributed by atoms with Crippen molar-refractivity contribution in [3.05, 3.63) is 71.7 Å². The van der Waals surface area contributed by atoms with Crippen molar-refractivity contribution in [1.82, 2.24) is 14.8 Å². The number of para-hydroxylation sites is 1. The van der Waals surface area contributed by atoms with Crippen LogP contribution in [0.15, 0.2) is 54.7 Å². The Morgan fingerprint density at radius 1 is 1.16 bits per heavy atom. The van der Waals surface area contributed by atoms with E-state index >= 15 is 0 Å². The minimum atomic E-state index is -0.285. The normalized spacial score (nSPS) is 13.4. The number of nitrogens with zero attached hydrogens (tertiary/aromatic N) is 4. The standard InChI is InChI=1S/C30H30N4O4/c1-3-37-29(35)17-21-8-4-7-11-28(21)38-19-26-24-16-20(23-14-15-32-25(18-31)30(23)36-2)12-13-27(24)34(33-26)22-9-5-6-10-22/h4,7-8,11-16,22H,3,5-6,9-10,17,19H2,1-2H3. The quantitative estimate of drug-likeness (QED) is 0.263. The van der Waals surface area contributed by atoms with Crippen LogP contribution in [0.3, 0.4) is 0 Å². The van der Waals surface area contributed by atoms with Crippen molar-refractivity contribution >= 4 is 16.9 Å². The SMILES string of the molecule is CCOC(=O)Cc1ccccc1OCc1nn(C2CCCC2)c2ccc(-c3ccnc(C#N)c3OC)cc12. The summed E-state index contributed by atoms with van der Waals surface area (Å²) < 4.78 is 19.1. The van der Waals surface area contributed by atoms with E-state index in [2.05, 4.69) is 27.9 Å². The highest BCUT2D eigenvalue weighted by Gasteiger charge is 2.23. The zero-order valence-electron chi connectivity index (χ0n) is 21.6. The first-order chi connectivity index (χ1) is 18.6. The van der Waals surface area contributed by atoms with Crippen LogP contribution < -0.4 is 9.47 Å². The van der Waals surface area contributed by atoms with E-state index in [4.69, 9.17) is 19.3 Å². The van der Waals surface area contributed by atoms with E-state index in [1.54, 1.807) is 20.2 Å². The van der Waals surface area contributed by atoms with Crippen LogP contribution in [0.25, 0.3) is 22.0 Å². The monoisotopic (exact) mass is 510 g/mol. The predicted octanol–water partition coefficient (Wildman–Crippen LogP) is 5.78. The molecule has 2 heterocycles. The van der Waals surface area contributed by atoms with E-state index < -0.39 is 0 Å². The Kier molecular flexibility index (Phi) is 7.55. The van der Waals surface area contributed by atoms with E-state index in [-0.39, 0.29) is 24.7 Å². The molecule has 2 aromatic heterocycles. The number of ether oxygens (including phenoxy) is 3. The Morgan fingerprint density at radius 2 is 1.97 bits per heavy atom. The maximum atomic E-state index is 12.1. The molecule has 1 saturated carbocycles. The van der Waals surface area contributed by atoms with Gasteiger partial charge in [-0.2, -0.15) is 10.4 Å². The number of pyridine rings is 1. The molecule has 1 fully saturated rings. The van der Waals surface area contributed by atoms with Gasteiger partial charge in [0.05, 0.1) is 31.7 Å². The number of rotatable bonds is 9. The summed E-state index contributed by atoms with van der Waals surface area (Å²) >= 11 is 0. The first-order valence-electron chi connectivity index (χ1n) is 12.9. The topological polar surface area (TPSA) is 99.3 Å². The molecule has 0 saturated heterocycles. The number of benzene rings is 2. The van der Waals surface area contributed by atoms with Crippen molar-refractivity contribution in [3.63, 3.8) is 0 Å². The van der Waals surface area contributed by atoms with Gasteiger partial charge in [0.25, 0.3) is 0 Å². The number of hydrogen-bond acceptors (Lipinski definition) is 7. The van der Waals surface area contributed by atoms with Gasteiger partial charge in [-0.25, -0.2) is 4.98 Å². The molecule has 0 unspecified atom stereocenters. The minimum absolute atomic E-state index is 0.147. The van der Waals surface area contributed by atoms with Gasteiger partial charge in [0.15, 0.2) is 11.4 Å². The van der Waals surface area contributed by atoms with Crippen molar-refractivity contribution < 1.29 is 19.0 Å². The molecule has 8 nitrogen and oxygen atoms in total. The van der Waals surface area contributed by atoms with Crippen LogP contribution in [0.1, 0.15) is 55.6 Å². The largest absolute Gasteiger partial charge is 0.493 e. The Hall–Kier alpha value is -4.38. The summed E-state index contributed by atoms with van der Waals surface area (Å²) in [5, 5.41) is 15.5. The van der Waals surface area contributed by atoms with E-state index in [9.17, 15) is 10.1 Å². The van der Waals surface area contributed by atoms with Gasteiger partial charge in [0.1, 0.15) is 24.1 Å². The third-order valence-electron chi connectivity index (χ3n) is 6.96. The molecule has 194 valence electrons. The van der Waals surface area contributed by atoms with E-state index in [1.807, 2.05) is 36.4 Å². The molecule has 0 atom stereocenters. The van der Waals surface area contributed by atoms with Crippen LogP contribution in [0.4, 0.5) is 0 Å². The lowest BCUT2D eigenvalue weighted by Crippen LogP contribution is -2.09. The molecular weight excluding hydrogens is 480 g/mol. The Bertz CT molecular complexity index is 1500. The van der Waals surface area contributed by atoms with Gasteiger partial charge < -0.3 is 14.2 Å². The number of nitriles is 1. The minimum Gasteiger partial charge on any atom is -0.493 e. The summed E-state index contributed by atoms with van der Waals surface area (Å²) in [7, 11) is 1.55. The molecule has 0 aliphatic heterocycles. The fraction of sp³-hybridized carbons (Fsp3) is 0.333. The number of fused-ring (bicyclic) bond motifs is 1. The molecule has 0 amide bonds. The van der Waals surface area contributed by atoms with E-state index in [0.29, 0.717) is 24.1 Å². The first-order valence-corrected chi connectivity index (χ1v) is 12.9. The summed E-state index contributed by atoms with van der Waals surface area (Å²) in [5.41, 5.74) is 4.58. The number of hydrogen-bond donors (Lipinski definition) is 0. The molecule has 0 radical (unpaired) electrons. The van der Waals surface area contributed by atoms with Crippen LogP contribution >= 0.6 is 0 Å². The number of carbonyl (C=O) groups excluding carboxylic acids is 1. The highest BCUT2D eigenvalue weighted by molar-refractivity contribution is 5.88. The number of methoxy groups -OCH3 is 1. The van der Waals surface area contributed by atoms with Crippen LogP contribution in [0.2, 0.25) is 0 Å². The molecule has 5 rings (SSSR count). The average molecular weight is 511 g/mol. The van der Waals surface area contributed by atoms with Gasteiger partial charge in [-0.3, -0.25) is 9.48 Å². The zero-order chi connectivity index (χ0) is 26.5. The van der Waals surface area contributed by atoms with E-state index in [0.717, 1.165) is 46.1 Å². The Morgan fingerprint density at radius 3 is 2.74 bits per heavy atom. The molecular formula is C30H30N4O4. The molecule has 1 aliphatic rings. The summed E-state index contributed by atoms with van der Waals surface area (Å²) in [6.07, 6.45) is 6.36. The van der Waals surface area contributed by atoms with Gasteiger partial charge in [-0.1, -0.05) is 37.1 Å². The molecule has 8 heteroatoms. The van der Waals surface area contributed by atoms with Crippen molar-refractivity contribution in [1.29, 1.82) is 5.26 Å². The lowest BCUT2D eigenvalue weighted by atomic mass is 10.0. The third kappa shape index (κ3) is 5.05. The molecule has 1 aliphatic carbocycles. The Labute approximate surface area is 221 Å². The smallest absolute Gasteiger partial charge is 0.310 e. The number of aromatic nitrogens is 3. The fourth-order valence-electron chi connectivity index (χ4n) is 5.17. The van der Waals surface area contributed by atoms with Crippen molar-refractivity contribution in [3.8, 4) is 28.7 Å². The van der Waals surface area contributed by atoms with Gasteiger partial charge in [0.2, 0.25) is 0 Å². The van der Waals surface area contributed by atoms with Crippen molar-refractivity contribution in [2.45, 2.75) is 51.7 Å². The fourth-order valence-corrected chi connectivity index (χ4v) is 5.17. The number of esters is 1. The van der Waals surface area contributed by atoms with Crippen molar-refractivity contribution in [2.24, 2.45) is 0 Å². The second-order valence-electron chi connectivity index (χ2n) is 9.29. The number of carbonyl (C=O) groups is 1. The molecule has 2 aromatic carbocycles. The summed E-state index contributed by atoms with van der Waals surface area (Å²) in [4.78, 5) is 16.2. The first kappa shape index (κ1) is 25.3. The molecule has 0 N–H and O–H groups in total. The summed E-state index contributed by atoms with van der Waals surface area (Å²) in [6, 6.07) is 18.0. The maximum Gasteiger partial charge on any atom is 0.310 e. The summed E-state index contributed by atoms with van der Waals surface area (Å²) in [6.45, 7) is 2.38. The van der Waals surface area contributed by atoms with Crippen molar-refractivity contribution in [2.75, 3.05) is 13.7 Å². The second kappa shape index (κ2) is 11.3. The molecule has 0 spiro atoms. The highest BCUT2D eigenvalue weighted by Crippen LogP contribution is 2.37. The molecule has 0 bridgehead atoms. The maximum absolute atomic E-state index is 12.1. The predicted molar refractivity (Wildman–Crippen MR) is 143 cm³/mol. The van der Waals surface area contributed by atoms with Gasteiger partial charge in [-0.05, 0) is 49.6 Å². The zero-order valence-corrected chi connectivity index (χ0v) is 21.6. The average Bonchev–Trinajstić information content (AvgIpc) is 3.60. The van der Waals surface area contributed by atoms with Crippen LogP contribution in [-0.4, -0.2) is 34.5 Å². The highest BCUT2D eigenvalue weighted by atomic mass is 16.5. The van der Waals surface area contributed by atoms with Gasteiger partial charge in [0, 0.05) is 22.7 Å². The second-order valence-corrected chi connectivity index (χ2v) is 9.29. The van der Waals surface area contributed by atoms with Crippen LogP contribution in [-0.2, 0) is 22.6 Å². The lowest BCUT2D eigenvalue weighted by molar-refractivity contribution is -0.142. The van der Waals surface area contributed by atoms with Gasteiger partial charge in [-0.15, -0.1) is 0 Å². The third-order valence-corrected chi connectivity index (χ3v) is 6.96. The van der Waals surface area contributed by atoms with Crippen LogP contribution in [0.5, 0.6) is 11.5 Å². The lowest BCUT2D eigenvalue weighted by Gasteiger charge is -2.12. The van der Waals surface area contributed by atoms with E-state index in [1.165, 1.54) is 12.8 Å². The van der Waals surface area contributed by atoms with Gasteiger partial charge >= 0.3 is 5.97 Å². The summed E-state index contributed by atoms with van der Waals surface area (Å²) in [5.74, 6) is 0.796. The molecule has 38 heavy (non-hydrogen) atoms. The molecule has 4 aromatic rings. The Balaban J connectivity index is 1.53. The van der Waals surface area contributed by atoms with Crippen LogP contribution in [0, 0.1) is 11.3 Å².